The molecule has 0 saturated carbocycles. The van der Waals surface area contributed by atoms with Crippen LogP contribution in [0.1, 0.15) is 310 Å². The van der Waals surface area contributed by atoms with Crippen LogP contribution in [-0.4, -0.2) is 74.3 Å². The summed E-state index contributed by atoms with van der Waals surface area (Å²) in [5.41, 5.74) is 0. The number of phosphoric ester groups is 1. The van der Waals surface area contributed by atoms with Gasteiger partial charge in [0.15, 0.2) is 0 Å². The highest BCUT2D eigenvalue weighted by Crippen LogP contribution is 2.43. The van der Waals surface area contributed by atoms with Crippen molar-refractivity contribution in [2.75, 3.05) is 40.9 Å². The second kappa shape index (κ2) is 61.3. The van der Waals surface area contributed by atoms with E-state index < -0.39 is 20.0 Å². The van der Waals surface area contributed by atoms with Crippen LogP contribution in [-0.2, 0) is 27.9 Å². The highest BCUT2D eigenvalue weighted by atomic mass is 31.2. The Kier molecular flexibility index (Phi) is 59.2. The Morgan fingerprint density at radius 1 is 0.427 bits per heavy atom. The summed E-state index contributed by atoms with van der Waals surface area (Å²) >= 11 is 0. The van der Waals surface area contributed by atoms with E-state index in [2.05, 4.69) is 99.0 Å². The highest BCUT2D eigenvalue weighted by Gasteiger charge is 2.30. The van der Waals surface area contributed by atoms with E-state index in [9.17, 15) is 19.0 Å². The van der Waals surface area contributed by atoms with Gasteiger partial charge in [0, 0.05) is 12.8 Å². The predicted molar refractivity (Wildman–Crippen MR) is 355 cm³/mol. The molecule has 10 heteroatoms. The van der Waals surface area contributed by atoms with E-state index in [4.69, 9.17) is 13.8 Å². The molecule has 0 heterocycles. The summed E-state index contributed by atoms with van der Waals surface area (Å²) in [5.74, 6) is -0.512. The lowest BCUT2D eigenvalue weighted by atomic mass is 10.0. The van der Waals surface area contributed by atoms with Crippen LogP contribution in [0.2, 0.25) is 0 Å². The number of likely N-dealkylation sites (N-methyl/N-ethyl adjacent to an activating group) is 1. The van der Waals surface area contributed by atoms with Crippen molar-refractivity contribution in [2.24, 2.45) is 0 Å². The van der Waals surface area contributed by atoms with Gasteiger partial charge in [-0.1, -0.05) is 273 Å². The van der Waals surface area contributed by atoms with Crippen molar-refractivity contribution in [3.63, 3.8) is 0 Å². The molecule has 0 spiro atoms. The summed E-state index contributed by atoms with van der Waals surface area (Å²) < 4.78 is 30.8. The fraction of sp³-hybridized carbons (Fsp3) is 0.778. The molecule has 0 rings (SSSR count). The maximum absolute atomic E-state index is 13.6. The van der Waals surface area contributed by atoms with Gasteiger partial charge in [-0.25, -0.2) is 4.57 Å². The van der Waals surface area contributed by atoms with E-state index in [1.807, 2.05) is 33.3 Å². The molecule has 0 aliphatic rings. The molecule has 82 heavy (non-hydrogen) atoms. The molecule has 0 aliphatic heterocycles. The fourth-order valence-electron chi connectivity index (χ4n) is 9.72. The summed E-state index contributed by atoms with van der Waals surface area (Å²) in [6.45, 7) is 6.97. The Morgan fingerprint density at radius 2 is 0.744 bits per heavy atom. The van der Waals surface area contributed by atoms with E-state index in [0.29, 0.717) is 17.4 Å². The predicted octanol–water partition coefficient (Wildman–Crippen LogP) is 21.7. The number of ether oxygens (including phenoxy) is 1. The number of nitrogens with zero attached hydrogens (tertiary/aromatic N) is 1. The molecule has 3 unspecified atom stereocenters. The van der Waals surface area contributed by atoms with Gasteiger partial charge in [0.1, 0.15) is 19.3 Å². The lowest BCUT2D eigenvalue weighted by molar-refractivity contribution is -0.870. The first-order valence-electron chi connectivity index (χ1n) is 34.4. The lowest BCUT2D eigenvalue weighted by Gasteiger charge is -2.27. The number of unbranched alkanes of at least 4 members (excludes halogenated alkanes) is 34. The topological polar surface area (TPSA) is 111 Å². The number of amides is 1. The fourth-order valence-corrected chi connectivity index (χ4v) is 10.5. The summed E-state index contributed by atoms with van der Waals surface area (Å²) in [6, 6.07) is -0.858. The number of esters is 1. The SMILES string of the molecule is CCCCC/C=C\C/C=C\C/C=C\C/C=C\CCCCCCCCCCCC(=O)NC(COP(=O)(O)OCC[N+](C)(C)C)C(/C=C\CCCCCCCCCCCC)OC(=O)CCCCCCCCCCC/C=C\C/C=C\CCCCC. The van der Waals surface area contributed by atoms with Crippen LogP contribution in [0.25, 0.3) is 0 Å². The van der Waals surface area contributed by atoms with Crippen molar-refractivity contribution in [1.82, 2.24) is 5.32 Å². The number of nitrogens with one attached hydrogen (secondary N) is 1. The number of quaternary nitrogens is 1. The van der Waals surface area contributed by atoms with E-state index in [-0.39, 0.29) is 31.5 Å². The standard InChI is InChI=1S/C72H131N2O7P/c1-7-10-13-16-19-22-25-28-30-32-34-35-36-37-38-39-41-42-44-46-49-52-55-58-61-64-71(75)73-69(68-80-82(77,78)79-67-66-74(4,5)6)70(63-60-57-54-51-48-27-24-21-18-15-12-9-3)81-72(76)65-62-59-56-53-50-47-45-43-40-33-31-29-26-23-20-17-14-11-8-2/h19-20,22-23,28-31,34-35,37-38,60,63,69-70H,7-18,21,24-27,32-33,36,39-59,61-62,64-68H2,1-6H3,(H-,73,75,77,78)/p+1/b22-19-,23-20-,30-28-,31-29-,35-34-,38-37-,63-60-. The van der Waals surface area contributed by atoms with Crippen molar-refractivity contribution in [1.29, 1.82) is 0 Å². The lowest BCUT2D eigenvalue weighted by Crippen LogP contribution is -2.47. The molecular formula is C72H132N2O7P+. The Balaban J connectivity index is 5.13. The van der Waals surface area contributed by atoms with Crippen molar-refractivity contribution in [3.05, 3.63) is 85.1 Å². The first kappa shape index (κ1) is 79.2. The molecule has 0 aromatic carbocycles. The maximum Gasteiger partial charge on any atom is 0.472 e. The van der Waals surface area contributed by atoms with Gasteiger partial charge in [0.05, 0.1) is 33.8 Å². The number of allylic oxidation sites excluding steroid dienone is 13. The van der Waals surface area contributed by atoms with Gasteiger partial charge < -0.3 is 19.4 Å². The van der Waals surface area contributed by atoms with Crippen LogP contribution in [0.4, 0.5) is 0 Å². The largest absolute Gasteiger partial charge is 0.472 e. The molecule has 2 N–H and O–H groups in total. The van der Waals surface area contributed by atoms with Crippen LogP contribution in [0.5, 0.6) is 0 Å². The van der Waals surface area contributed by atoms with Gasteiger partial charge in [-0.2, -0.15) is 0 Å². The number of carbonyl (C=O) groups excluding carboxylic acids is 2. The Morgan fingerprint density at radius 3 is 1.13 bits per heavy atom. The van der Waals surface area contributed by atoms with Crippen molar-refractivity contribution < 1.29 is 37.3 Å². The molecular weight excluding hydrogens is 1040 g/mol. The number of hydrogen-bond acceptors (Lipinski definition) is 6. The Labute approximate surface area is 507 Å². The Hall–Kier alpha value is -2.81. The summed E-state index contributed by atoms with van der Waals surface area (Å²) in [7, 11) is 1.49. The monoisotopic (exact) mass is 1170 g/mol. The number of hydrogen-bond donors (Lipinski definition) is 2. The molecule has 0 aliphatic carbocycles. The van der Waals surface area contributed by atoms with Gasteiger partial charge in [-0.15, -0.1) is 0 Å². The zero-order valence-electron chi connectivity index (χ0n) is 54.5. The van der Waals surface area contributed by atoms with Crippen LogP contribution in [0.15, 0.2) is 85.1 Å². The number of phosphoric acid groups is 1. The normalized spacial score (nSPS) is 14.1. The molecule has 0 aromatic rings. The average molecular weight is 1170 g/mol. The molecule has 476 valence electrons. The van der Waals surface area contributed by atoms with Crippen molar-refractivity contribution in [3.8, 4) is 0 Å². The first-order chi connectivity index (χ1) is 39.9. The first-order valence-corrected chi connectivity index (χ1v) is 35.9. The molecule has 0 bridgehead atoms. The summed E-state index contributed by atoms with van der Waals surface area (Å²) in [4.78, 5) is 37.9. The van der Waals surface area contributed by atoms with Gasteiger partial charge in [0.25, 0.3) is 0 Å². The molecule has 0 radical (unpaired) electrons. The number of rotatable bonds is 62. The quantitative estimate of drug-likeness (QED) is 0.0205. The third-order valence-electron chi connectivity index (χ3n) is 15.1. The van der Waals surface area contributed by atoms with Crippen LogP contribution in [0.3, 0.4) is 0 Å². The van der Waals surface area contributed by atoms with E-state index in [0.717, 1.165) is 96.3 Å². The molecule has 0 aromatic heterocycles. The minimum absolute atomic E-state index is 0.0355. The molecule has 0 saturated heterocycles. The molecule has 0 fully saturated rings. The average Bonchev–Trinajstić information content (AvgIpc) is 3.44. The van der Waals surface area contributed by atoms with Crippen LogP contribution in [0, 0.1) is 0 Å². The van der Waals surface area contributed by atoms with E-state index in [1.54, 1.807) is 0 Å². The Bertz CT molecular complexity index is 1680. The highest BCUT2D eigenvalue weighted by molar-refractivity contribution is 7.47. The number of carbonyl (C=O) groups is 2. The molecule has 9 nitrogen and oxygen atoms in total. The molecule has 1 amide bonds. The zero-order chi connectivity index (χ0) is 60.0. The van der Waals surface area contributed by atoms with Gasteiger partial charge >= 0.3 is 13.8 Å². The summed E-state index contributed by atoms with van der Waals surface area (Å²) in [6.07, 6.45) is 81.5. The van der Waals surface area contributed by atoms with E-state index in [1.165, 1.54) is 180 Å². The zero-order valence-corrected chi connectivity index (χ0v) is 55.4. The van der Waals surface area contributed by atoms with Crippen molar-refractivity contribution >= 4 is 19.7 Å². The minimum Gasteiger partial charge on any atom is -0.456 e. The van der Waals surface area contributed by atoms with Gasteiger partial charge in [-0.05, 0) is 109 Å². The summed E-state index contributed by atoms with van der Waals surface area (Å²) in [5, 5.41) is 3.06. The van der Waals surface area contributed by atoms with Gasteiger partial charge in [0.2, 0.25) is 5.91 Å². The van der Waals surface area contributed by atoms with Crippen molar-refractivity contribution in [2.45, 2.75) is 322 Å². The van der Waals surface area contributed by atoms with Gasteiger partial charge in [-0.3, -0.25) is 18.6 Å². The second-order valence-corrected chi connectivity index (χ2v) is 25.8. The second-order valence-electron chi connectivity index (χ2n) is 24.3. The molecule has 3 atom stereocenters. The third kappa shape index (κ3) is 61.7. The van der Waals surface area contributed by atoms with Crippen LogP contribution < -0.4 is 5.32 Å². The minimum atomic E-state index is -4.46. The third-order valence-corrected chi connectivity index (χ3v) is 16.0. The smallest absolute Gasteiger partial charge is 0.456 e. The van der Waals surface area contributed by atoms with E-state index >= 15 is 0 Å². The van der Waals surface area contributed by atoms with Crippen LogP contribution >= 0.6 is 7.82 Å². The maximum atomic E-state index is 13.6.